The molecule has 0 unspecified atom stereocenters. The highest BCUT2D eigenvalue weighted by atomic mass is 32.2. The SMILES string of the molecule is N=C(N)N1CCC(CNC(=O)CN2CCCC[C@H](NS(=O)(=O)c3ccc4ccccc4c3)C2=O)CC1. The molecule has 0 aromatic heterocycles. The van der Waals surface area contributed by atoms with Gasteiger partial charge in [-0.1, -0.05) is 30.3 Å². The van der Waals surface area contributed by atoms with Gasteiger partial charge in [0.1, 0.15) is 6.04 Å². The molecule has 2 fully saturated rings. The number of rotatable bonds is 7. The summed E-state index contributed by atoms with van der Waals surface area (Å²) in [6.45, 7) is 2.21. The third-order valence-electron chi connectivity index (χ3n) is 6.99. The maximum atomic E-state index is 13.2. The van der Waals surface area contributed by atoms with E-state index in [9.17, 15) is 18.0 Å². The predicted octanol–water partition coefficient (Wildman–Crippen LogP) is 1.22. The Hall–Kier alpha value is -3.18. The van der Waals surface area contributed by atoms with Gasteiger partial charge in [0, 0.05) is 26.2 Å². The highest BCUT2D eigenvalue weighted by molar-refractivity contribution is 7.89. The van der Waals surface area contributed by atoms with Gasteiger partial charge in [-0.15, -0.1) is 0 Å². The van der Waals surface area contributed by atoms with E-state index >= 15 is 0 Å². The number of likely N-dealkylation sites (tertiary alicyclic amines) is 2. The molecule has 5 N–H and O–H groups in total. The molecule has 2 amide bonds. The van der Waals surface area contributed by atoms with Crippen LogP contribution in [0, 0.1) is 11.3 Å². The maximum Gasteiger partial charge on any atom is 0.241 e. The van der Waals surface area contributed by atoms with Crippen LogP contribution in [0.1, 0.15) is 32.1 Å². The Morgan fingerprint density at radius 2 is 1.75 bits per heavy atom. The number of hydrogen-bond acceptors (Lipinski definition) is 5. The van der Waals surface area contributed by atoms with Gasteiger partial charge in [0.25, 0.3) is 0 Å². The summed E-state index contributed by atoms with van der Waals surface area (Å²) in [6.07, 6.45) is 3.45. The molecule has 4 rings (SSSR count). The Balaban J connectivity index is 1.34. The minimum Gasteiger partial charge on any atom is -0.370 e. The molecule has 2 saturated heterocycles. The normalized spacial score (nSPS) is 19.8. The largest absolute Gasteiger partial charge is 0.370 e. The van der Waals surface area contributed by atoms with E-state index in [1.165, 1.54) is 11.0 Å². The summed E-state index contributed by atoms with van der Waals surface area (Å²) in [5.74, 6) is -0.258. The molecule has 2 aromatic rings. The summed E-state index contributed by atoms with van der Waals surface area (Å²) >= 11 is 0. The smallest absolute Gasteiger partial charge is 0.241 e. The van der Waals surface area contributed by atoms with Crippen LogP contribution in [0.2, 0.25) is 0 Å². The molecule has 0 saturated carbocycles. The van der Waals surface area contributed by atoms with Gasteiger partial charge in [0.15, 0.2) is 5.96 Å². The van der Waals surface area contributed by atoms with Crippen molar-refractivity contribution in [3.8, 4) is 0 Å². The average Bonchev–Trinajstić information content (AvgIpc) is 3.03. The molecule has 2 heterocycles. The summed E-state index contributed by atoms with van der Waals surface area (Å²) in [4.78, 5) is 29.2. The lowest BCUT2D eigenvalue weighted by Gasteiger charge is -2.32. The van der Waals surface area contributed by atoms with Crippen molar-refractivity contribution < 1.29 is 18.0 Å². The van der Waals surface area contributed by atoms with Crippen molar-refractivity contribution in [2.24, 2.45) is 11.7 Å². The quantitative estimate of drug-likeness (QED) is 0.322. The third kappa shape index (κ3) is 6.33. The highest BCUT2D eigenvalue weighted by Gasteiger charge is 2.32. The third-order valence-corrected chi connectivity index (χ3v) is 8.46. The van der Waals surface area contributed by atoms with E-state index < -0.39 is 16.1 Å². The van der Waals surface area contributed by atoms with Gasteiger partial charge in [-0.2, -0.15) is 4.72 Å². The lowest BCUT2D eigenvalue weighted by atomic mass is 9.97. The van der Waals surface area contributed by atoms with Crippen molar-refractivity contribution in [2.75, 3.05) is 32.7 Å². The standard InChI is InChI=1S/C25H34N6O4S/c26-25(27)30-13-10-18(11-14-30)16-28-23(32)17-31-12-4-3-7-22(24(31)33)29-36(34,35)21-9-8-19-5-1-2-6-20(19)15-21/h1-2,5-6,8-9,15,18,22,29H,3-4,7,10-14,16-17H2,(H3,26,27)(H,28,32)/t22-/m0/s1. The van der Waals surface area contributed by atoms with Gasteiger partial charge < -0.3 is 20.9 Å². The molecule has 2 aliphatic heterocycles. The van der Waals surface area contributed by atoms with Crippen LogP contribution >= 0.6 is 0 Å². The van der Waals surface area contributed by atoms with E-state index in [0.717, 1.165) is 23.6 Å². The van der Waals surface area contributed by atoms with Crippen LogP contribution in [0.15, 0.2) is 47.4 Å². The van der Waals surface area contributed by atoms with Crippen LogP contribution in [0.3, 0.4) is 0 Å². The number of amides is 2. The molecular weight excluding hydrogens is 480 g/mol. The van der Waals surface area contributed by atoms with Crippen LogP contribution in [0.4, 0.5) is 0 Å². The number of piperidine rings is 1. The first kappa shape index (κ1) is 25.9. The van der Waals surface area contributed by atoms with Crippen molar-refractivity contribution in [1.29, 1.82) is 5.41 Å². The minimum absolute atomic E-state index is 0.0722. The number of guanidine groups is 1. The molecule has 0 aliphatic carbocycles. The monoisotopic (exact) mass is 514 g/mol. The molecule has 36 heavy (non-hydrogen) atoms. The number of benzene rings is 2. The zero-order valence-electron chi connectivity index (χ0n) is 20.3. The van der Waals surface area contributed by atoms with E-state index in [1.54, 1.807) is 12.1 Å². The summed E-state index contributed by atoms with van der Waals surface area (Å²) in [5, 5.41) is 12.2. The Morgan fingerprint density at radius 1 is 1.03 bits per heavy atom. The molecule has 194 valence electrons. The fourth-order valence-electron chi connectivity index (χ4n) is 4.83. The van der Waals surface area contributed by atoms with Crippen molar-refractivity contribution in [3.05, 3.63) is 42.5 Å². The maximum absolute atomic E-state index is 13.2. The second-order valence-corrected chi connectivity index (χ2v) is 11.3. The predicted molar refractivity (Wildman–Crippen MR) is 138 cm³/mol. The van der Waals surface area contributed by atoms with Gasteiger partial charge in [0.05, 0.1) is 11.4 Å². The Morgan fingerprint density at radius 3 is 2.47 bits per heavy atom. The number of nitrogens with two attached hydrogens (primary N) is 1. The number of hydrogen-bond donors (Lipinski definition) is 4. The minimum atomic E-state index is -3.91. The van der Waals surface area contributed by atoms with E-state index in [4.69, 9.17) is 11.1 Å². The molecule has 2 aromatic carbocycles. The van der Waals surface area contributed by atoms with Crippen molar-refractivity contribution in [3.63, 3.8) is 0 Å². The highest BCUT2D eigenvalue weighted by Crippen LogP contribution is 2.21. The van der Waals surface area contributed by atoms with Crippen molar-refractivity contribution in [1.82, 2.24) is 19.8 Å². The topological polar surface area (TPSA) is 149 Å². The summed E-state index contributed by atoms with van der Waals surface area (Å²) in [5.41, 5.74) is 5.53. The Labute approximate surface area is 211 Å². The number of fused-ring (bicyclic) bond motifs is 1. The Bertz CT molecular complexity index is 1230. The lowest BCUT2D eigenvalue weighted by molar-refractivity contribution is -0.137. The molecule has 0 radical (unpaired) electrons. The second kappa shape index (κ2) is 11.3. The summed E-state index contributed by atoms with van der Waals surface area (Å²) < 4.78 is 28.8. The van der Waals surface area contributed by atoms with Crippen molar-refractivity contribution in [2.45, 2.75) is 43.0 Å². The van der Waals surface area contributed by atoms with Gasteiger partial charge >= 0.3 is 0 Å². The first-order chi connectivity index (χ1) is 17.2. The fourth-order valence-corrected chi connectivity index (χ4v) is 6.09. The lowest BCUT2D eigenvalue weighted by Crippen LogP contribution is -2.50. The number of carbonyl (C=O) groups is 2. The van der Waals surface area contributed by atoms with Crippen LogP contribution in [-0.2, 0) is 19.6 Å². The second-order valence-electron chi connectivity index (χ2n) is 9.56. The summed E-state index contributed by atoms with van der Waals surface area (Å²) in [6, 6.07) is 11.5. The number of nitrogens with zero attached hydrogens (tertiary/aromatic N) is 2. The first-order valence-corrected chi connectivity index (χ1v) is 13.9. The van der Waals surface area contributed by atoms with E-state index in [2.05, 4.69) is 10.0 Å². The molecule has 11 heteroatoms. The summed E-state index contributed by atoms with van der Waals surface area (Å²) in [7, 11) is -3.91. The van der Waals surface area contributed by atoms with Crippen LogP contribution in [0.5, 0.6) is 0 Å². The zero-order valence-corrected chi connectivity index (χ0v) is 21.1. The first-order valence-electron chi connectivity index (χ1n) is 12.4. The molecule has 10 nitrogen and oxygen atoms in total. The van der Waals surface area contributed by atoms with Crippen LogP contribution in [-0.4, -0.2) is 74.8 Å². The van der Waals surface area contributed by atoms with Gasteiger partial charge in [0.2, 0.25) is 21.8 Å². The molecule has 0 spiro atoms. The number of carbonyl (C=O) groups excluding carboxylic acids is 2. The van der Waals surface area contributed by atoms with Gasteiger partial charge in [-0.05, 0) is 60.9 Å². The molecule has 0 bridgehead atoms. The van der Waals surface area contributed by atoms with Gasteiger partial charge in [-0.3, -0.25) is 15.0 Å². The van der Waals surface area contributed by atoms with Crippen LogP contribution in [0.25, 0.3) is 10.8 Å². The number of sulfonamides is 1. The van der Waals surface area contributed by atoms with E-state index in [0.29, 0.717) is 51.4 Å². The Kier molecular flexibility index (Phi) is 8.10. The van der Waals surface area contributed by atoms with E-state index in [1.807, 2.05) is 29.2 Å². The van der Waals surface area contributed by atoms with E-state index in [-0.39, 0.29) is 29.2 Å². The molecule has 1 atom stereocenters. The van der Waals surface area contributed by atoms with Crippen LogP contribution < -0.4 is 15.8 Å². The fraction of sp³-hybridized carbons (Fsp3) is 0.480. The van der Waals surface area contributed by atoms with Gasteiger partial charge in [-0.25, -0.2) is 8.42 Å². The molecular formula is C25H34N6O4S. The number of nitrogens with one attached hydrogen (secondary N) is 3. The van der Waals surface area contributed by atoms with Crippen molar-refractivity contribution >= 4 is 38.6 Å². The zero-order chi connectivity index (χ0) is 25.7. The average molecular weight is 515 g/mol. The molecule has 2 aliphatic rings.